The Balaban J connectivity index is 0.00000289. The number of rotatable bonds is 8. The smallest absolute Gasteiger partial charge is 0.225 e. The van der Waals surface area contributed by atoms with Gasteiger partial charge in [-0.15, -0.1) is 24.0 Å². The molecule has 2 aliphatic rings. The molecule has 1 aliphatic heterocycles. The van der Waals surface area contributed by atoms with Crippen LogP contribution in [0.5, 0.6) is 0 Å². The maximum absolute atomic E-state index is 4.43. The Morgan fingerprint density at radius 3 is 2.34 bits per heavy atom. The molecule has 0 spiro atoms. The highest BCUT2D eigenvalue weighted by molar-refractivity contribution is 14.0. The number of nitrogens with one attached hydrogen (secondary N) is 2. The van der Waals surface area contributed by atoms with Crippen molar-refractivity contribution < 1.29 is 0 Å². The van der Waals surface area contributed by atoms with Gasteiger partial charge in [0.1, 0.15) is 0 Å². The molecule has 0 bridgehead atoms. The first kappa shape index (κ1) is 24.7. The van der Waals surface area contributed by atoms with Crippen molar-refractivity contribution in [2.45, 2.75) is 31.1 Å². The number of halogens is 1. The van der Waals surface area contributed by atoms with Crippen molar-refractivity contribution in [1.82, 2.24) is 25.5 Å². The molecule has 1 saturated heterocycles. The van der Waals surface area contributed by atoms with Crippen LogP contribution in [0.25, 0.3) is 0 Å². The van der Waals surface area contributed by atoms with E-state index >= 15 is 0 Å². The summed E-state index contributed by atoms with van der Waals surface area (Å²) in [6.45, 7) is 7.07. The van der Waals surface area contributed by atoms with Gasteiger partial charge in [-0.25, -0.2) is 9.97 Å². The molecule has 1 aromatic carbocycles. The Labute approximate surface area is 209 Å². The Bertz CT molecular complexity index is 819. The first-order chi connectivity index (χ1) is 15.3. The Morgan fingerprint density at radius 2 is 1.72 bits per heavy atom. The van der Waals surface area contributed by atoms with Crippen molar-refractivity contribution in [2.75, 3.05) is 57.8 Å². The van der Waals surface area contributed by atoms with Crippen LogP contribution in [-0.2, 0) is 5.41 Å². The molecule has 8 heteroatoms. The minimum Gasteiger partial charge on any atom is -0.356 e. The highest BCUT2D eigenvalue weighted by Gasteiger charge is 2.38. The zero-order valence-electron chi connectivity index (χ0n) is 19.0. The van der Waals surface area contributed by atoms with Crippen LogP contribution < -0.4 is 15.5 Å². The molecular formula is C24H36IN7. The van der Waals surface area contributed by atoms with Gasteiger partial charge in [-0.05, 0) is 37.4 Å². The second-order valence-electron chi connectivity index (χ2n) is 8.58. The fourth-order valence-corrected chi connectivity index (χ4v) is 4.57. The number of benzene rings is 1. The molecule has 32 heavy (non-hydrogen) atoms. The fraction of sp³-hybridized carbons (Fsp3) is 0.542. The second kappa shape index (κ2) is 12.3. The summed E-state index contributed by atoms with van der Waals surface area (Å²) in [5, 5.41) is 7.08. The average Bonchev–Trinajstić information content (AvgIpc) is 2.81. The third-order valence-electron chi connectivity index (χ3n) is 6.67. The van der Waals surface area contributed by atoms with Gasteiger partial charge in [0.05, 0.1) is 0 Å². The van der Waals surface area contributed by atoms with E-state index in [2.05, 4.69) is 65.7 Å². The predicted octanol–water partition coefficient (Wildman–Crippen LogP) is 2.89. The maximum Gasteiger partial charge on any atom is 0.225 e. The normalized spacial score (nSPS) is 18.4. The summed E-state index contributed by atoms with van der Waals surface area (Å²) in [6, 6.07) is 12.8. The topological polar surface area (TPSA) is 68.7 Å². The average molecular weight is 550 g/mol. The second-order valence-corrected chi connectivity index (χ2v) is 8.58. The lowest BCUT2D eigenvalue weighted by molar-refractivity contribution is 0.243. The predicted molar refractivity (Wildman–Crippen MR) is 142 cm³/mol. The van der Waals surface area contributed by atoms with Gasteiger partial charge in [0, 0.05) is 64.1 Å². The molecule has 2 heterocycles. The van der Waals surface area contributed by atoms with Gasteiger partial charge in [0.15, 0.2) is 5.96 Å². The Kier molecular flexibility index (Phi) is 9.52. The highest BCUT2D eigenvalue weighted by Crippen LogP contribution is 2.43. The lowest BCUT2D eigenvalue weighted by Gasteiger charge is -2.43. The fourth-order valence-electron chi connectivity index (χ4n) is 4.57. The minimum absolute atomic E-state index is 0. The Morgan fingerprint density at radius 1 is 1.00 bits per heavy atom. The standard InChI is InChI=1S/C24H35N7.HI/c1-25-22(29-20-24(10-5-11-24)21-8-3-2-4-9-21)26-14-7-15-30-16-18-31(19-17-30)23-27-12-6-13-28-23;/h2-4,6,8-9,12-13H,5,7,10-11,14-20H2,1H3,(H2,25,26,29);1H. The molecule has 0 atom stereocenters. The zero-order chi connectivity index (χ0) is 21.4. The van der Waals surface area contributed by atoms with Gasteiger partial charge in [0.25, 0.3) is 0 Å². The maximum atomic E-state index is 4.43. The summed E-state index contributed by atoms with van der Waals surface area (Å²) in [7, 11) is 1.86. The summed E-state index contributed by atoms with van der Waals surface area (Å²) < 4.78 is 0. The molecule has 174 valence electrons. The van der Waals surface area contributed by atoms with E-state index in [0.29, 0.717) is 0 Å². The van der Waals surface area contributed by atoms with Crippen molar-refractivity contribution in [2.24, 2.45) is 4.99 Å². The number of aliphatic imine (C=N–C) groups is 1. The van der Waals surface area contributed by atoms with Gasteiger partial charge in [-0.3, -0.25) is 9.89 Å². The third kappa shape index (κ3) is 6.31. The first-order valence-electron chi connectivity index (χ1n) is 11.5. The van der Waals surface area contributed by atoms with E-state index in [9.17, 15) is 0 Å². The molecule has 2 fully saturated rings. The summed E-state index contributed by atoms with van der Waals surface area (Å²) >= 11 is 0. The van der Waals surface area contributed by atoms with Crippen molar-refractivity contribution in [3.05, 3.63) is 54.4 Å². The van der Waals surface area contributed by atoms with E-state index in [-0.39, 0.29) is 29.4 Å². The summed E-state index contributed by atoms with van der Waals surface area (Å²) in [4.78, 5) is 17.9. The molecule has 2 N–H and O–H groups in total. The van der Waals surface area contributed by atoms with Crippen LogP contribution in [0.3, 0.4) is 0 Å². The summed E-state index contributed by atoms with van der Waals surface area (Å²) in [6.07, 6.45) is 8.54. The molecule has 1 saturated carbocycles. The number of nitrogens with zero attached hydrogens (tertiary/aromatic N) is 5. The van der Waals surface area contributed by atoms with Crippen molar-refractivity contribution in [3.8, 4) is 0 Å². The van der Waals surface area contributed by atoms with Gasteiger partial charge < -0.3 is 15.5 Å². The van der Waals surface area contributed by atoms with E-state index < -0.39 is 0 Å². The SMILES string of the molecule is CN=C(NCCCN1CCN(c2ncccn2)CC1)NCC1(c2ccccc2)CCC1.I. The van der Waals surface area contributed by atoms with Crippen LogP contribution in [0.4, 0.5) is 5.95 Å². The molecule has 7 nitrogen and oxygen atoms in total. The van der Waals surface area contributed by atoms with E-state index in [4.69, 9.17) is 0 Å². The Hall–Kier alpha value is -1.94. The molecule has 4 rings (SSSR count). The van der Waals surface area contributed by atoms with Crippen LogP contribution in [0.2, 0.25) is 0 Å². The van der Waals surface area contributed by atoms with Gasteiger partial charge in [0.2, 0.25) is 5.95 Å². The number of hydrogen-bond donors (Lipinski definition) is 2. The number of piperazine rings is 1. The molecule has 0 amide bonds. The van der Waals surface area contributed by atoms with Crippen LogP contribution >= 0.6 is 24.0 Å². The molecule has 0 unspecified atom stereocenters. The van der Waals surface area contributed by atoms with Gasteiger partial charge in [-0.2, -0.15) is 0 Å². The van der Waals surface area contributed by atoms with E-state index in [1.165, 1.54) is 24.8 Å². The molecule has 2 aromatic rings. The van der Waals surface area contributed by atoms with Gasteiger partial charge >= 0.3 is 0 Å². The molecule has 0 radical (unpaired) electrons. The lowest BCUT2D eigenvalue weighted by Crippen LogP contribution is -2.49. The zero-order valence-corrected chi connectivity index (χ0v) is 21.4. The van der Waals surface area contributed by atoms with Crippen molar-refractivity contribution in [1.29, 1.82) is 0 Å². The number of hydrogen-bond acceptors (Lipinski definition) is 5. The van der Waals surface area contributed by atoms with Crippen molar-refractivity contribution >= 4 is 35.9 Å². The monoisotopic (exact) mass is 549 g/mol. The molecule has 1 aromatic heterocycles. The first-order valence-corrected chi connectivity index (χ1v) is 11.5. The van der Waals surface area contributed by atoms with E-state index in [0.717, 1.165) is 64.1 Å². The summed E-state index contributed by atoms with van der Waals surface area (Å²) in [5.41, 5.74) is 1.71. The van der Waals surface area contributed by atoms with Crippen LogP contribution in [0.1, 0.15) is 31.2 Å². The quantitative estimate of drug-likeness (QED) is 0.229. The number of aromatic nitrogens is 2. The van der Waals surface area contributed by atoms with E-state index in [1.807, 2.05) is 25.5 Å². The summed E-state index contributed by atoms with van der Waals surface area (Å²) in [5.74, 6) is 1.76. The van der Waals surface area contributed by atoms with Crippen LogP contribution in [0.15, 0.2) is 53.8 Å². The van der Waals surface area contributed by atoms with Gasteiger partial charge in [-0.1, -0.05) is 36.8 Å². The highest BCUT2D eigenvalue weighted by atomic mass is 127. The van der Waals surface area contributed by atoms with E-state index in [1.54, 1.807) is 0 Å². The van der Waals surface area contributed by atoms with Crippen LogP contribution in [0, 0.1) is 0 Å². The molecule has 1 aliphatic carbocycles. The molecular weight excluding hydrogens is 513 g/mol. The van der Waals surface area contributed by atoms with Crippen molar-refractivity contribution in [3.63, 3.8) is 0 Å². The number of guanidine groups is 1. The lowest BCUT2D eigenvalue weighted by atomic mass is 9.64. The van der Waals surface area contributed by atoms with Crippen LogP contribution in [-0.4, -0.2) is 73.7 Å². The minimum atomic E-state index is 0. The third-order valence-corrected chi connectivity index (χ3v) is 6.67. The largest absolute Gasteiger partial charge is 0.356 e. The number of anilines is 1.